The topological polar surface area (TPSA) is 115 Å². The van der Waals surface area contributed by atoms with E-state index in [-0.39, 0.29) is 22.8 Å². The summed E-state index contributed by atoms with van der Waals surface area (Å²) >= 11 is 1.40. The van der Waals surface area contributed by atoms with Crippen LogP contribution in [0.5, 0.6) is 17.2 Å². The highest BCUT2D eigenvalue weighted by atomic mass is 32.1. The molecular formula is C21H19N3O4S. The van der Waals surface area contributed by atoms with Gasteiger partial charge in [0.05, 0.1) is 19.8 Å². The molecule has 0 bridgehead atoms. The fourth-order valence-corrected chi connectivity index (χ4v) is 4.49. The van der Waals surface area contributed by atoms with Gasteiger partial charge < -0.3 is 19.9 Å². The molecule has 0 fully saturated rings. The zero-order valence-electron chi connectivity index (χ0n) is 16.0. The Labute approximate surface area is 172 Å². The van der Waals surface area contributed by atoms with Crippen LogP contribution in [0.25, 0.3) is 6.08 Å². The fourth-order valence-electron chi connectivity index (χ4n) is 3.26. The minimum Gasteiger partial charge on any atom is -0.502 e. The first-order valence-electron chi connectivity index (χ1n) is 8.95. The summed E-state index contributed by atoms with van der Waals surface area (Å²) in [7, 11) is 2.78. The molecule has 7 nitrogen and oxygen atoms in total. The molecule has 1 aliphatic carbocycles. The molecule has 1 aromatic heterocycles. The maximum atomic E-state index is 12.7. The third kappa shape index (κ3) is 4.03. The van der Waals surface area contributed by atoms with E-state index in [9.17, 15) is 20.4 Å². The molecule has 2 N–H and O–H groups in total. The van der Waals surface area contributed by atoms with Gasteiger partial charge in [0.25, 0.3) is 5.91 Å². The number of rotatable bonds is 5. The Bertz CT molecular complexity index is 1050. The molecule has 29 heavy (non-hydrogen) atoms. The lowest BCUT2D eigenvalue weighted by molar-refractivity contribution is -0.112. The van der Waals surface area contributed by atoms with Crippen molar-refractivity contribution in [1.29, 1.82) is 10.5 Å². The predicted molar refractivity (Wildman–Crippen MR) is 109 cm³/mol. The Balaban J connectivity index is 1.92. The zero-order chi connectivity index (χ0) is 21.0. The standard InChI is InChI=1S/C21H19N3O4S/c1-27-16-8-12(9-17(28-2)19(16)25)7-13(10-22)20(26)24-21-15(11-23)14-5-3-4-6-18(14)29-21/h7-9,25H,3-6H2,1-2H3,(H,24,26). The van der Waals surface area contributed by atoms with Crippen molar-refractivity contribution in [3.63, 3.8) is 0 Å². The Hall–Kier alpha value is -3.49. The van der Waals surface area contributed by atoms with Gasteiger partial charge in [-0.15, -0.1) is 11.3 Å². The number of phenols is 1. The van der Waals surface area contributed by atoms with Crippen LogP contribution in [0.3, 0.4) is 0 Å². The third-order valence-electron chi connectivity index (χ3n) is 4.69. The SMILES string of the molecule is COc1cc(C=C(C#N)C(=O)Nc2sc3c(c2C#N)CCCC3)cc(OC)c1O. The van der Waals surface area contributed by atoms with Crippen molar-refractivity contribution in [2.24, 2.45) is 0 Å². The number of hydrogen-bond donors (Lipinski definition) is 2. The summed E-state index contributed by atoms with van der Waals surface area (Å²) in [4.78, 5) is 13.8. The number of ether oxygens (including phenoxy) is 2. The molecule has 1 heterocycles. The van der Waals surface area contributed by atoms with E-state index in [1.54, 1.807) is 0 Å². The fraction of sp³-hybridized carbons (Fsp3) is 0.286. The van der Waals surface area contributed by atoms with Gasteiger partial charge in [-0.05, 0) is 55.0 Å². The second kappa shape index (κ2) is 8.68. The molecular weight excluding hydrogens is 390 g/mol. The maximum Gasteiger partial charge on any atom is 0.266 e. The maximum absolute atomic E-state index is 12.7. The highest BCUT2D eigenvalue weighted by molar-refractivity contribution is 7.16. The van der Waals surface area contributed by atoms with Gasteiger partial charge in [-0.1, -0.05) is 0 Å². The van der Waals surface area contributed by atoms with Gasteiger partial charge in [0.15, 0.2) is 11.5 Å². The molecule has 3 rings (SSSR count). The molecule has 0 atom stereocenters. The van der Waals surface area contributed by atoms with E-state index in [1.165, 1.54) is 43.8 Å². The summed E-state index contributed by atoms with van der Waals surface area (Å²) in [5.74, 6) is -0.455. The first-order chi connectivity index (χ1) is 14.0. The van der Waals surface area contributed by atoms with Crippen molar-refractivity contribution in [1.82, 2.24) is 0 Å². The molecule has 1 aliphatic rings. The van der Waals surface area contributed by atoms with Crippen LogP contribution in [0.2, 0.25) is 0 Å². The summed E-state index contributed by atoms with van der Waals surface area (Å²) < 4.78 is 10.2. The molecule has 0 saturated carbocycles. The molecule has 0 unspecified atom stereocenters. The van der Waals surface area contributed by atoms with Gasteiger partial charge in [0.1, 0.15) is 22.7 Å². The summed E-state index contributed by atoms with van der Waals surface area (Å²) in [5.41, 5.74) is 1.81. The van der Waals surface area contributed by atoms with Crippen LogP contribution in [0.15, 0.2) is 17.7 Å². The molecule has 0 aliphatic heterocycles. The van der Waals surface area contributed by atoms with E-state index in [1.807, 2.05) is 6.07 Å². The lowest BCUT2D eigenvalue weighted by Gasteiger charge is -2.10. The van der Waals surface area contributed by atoms with Crippen LogP contribution >= 0.6 is 11.3 Å². The monoisotopic (exact) mass is 409 g/mol. The van der Waals surface area contributed by atoms with Crippen molar-refractivity contribution < 1.29 is 19.4 Å². The quantitative estimate of drug-likeness (QED) is 0.574. The van der Waals surface area contributed by atoms with Crippen LogP contribution in [-0.2, 0) is 17.6 Å². The van der Waals surface area contributed by atoms with E-state index in [2.05, 4.69) is 11.4 Å². The number of carbonyl (C=O) groups is 1. The van der Waals surface area contributed by atoms with Crippen LogP contribution < -0.4 is 14.8 Å². The second-order valence-electron chi connectivity index (χ2n) is 6.42. The van der Waals surface area contributed by atoms with Gasteiger partial charge in [0.2, 0.25) is 5.75 Å². The Morgan fingerprint density at radius 1 is 1.21 bits per heavy atom. The minimum absolute atomic E-state index is 0.143. The molecule has 0 radical (unpaired) electrons. The number of anilines is 1. The third-order valence-corrected chi connectivity index (χ3v) is 5.90. The predicted octanol–water partition coefficient (Wildman–Crippen LogP) is 3.77. The van der Waals surface area contributed by atoms with Crippen molar-refractivity contribution in [3.05, 3.63) is 39.3 Å². The minimum atomic E-state index is -0.603. The average molecular weight is 409 g/mol. The van der Waals surface area contributed by atoms with Gasteiger partial charge in [-0.25, -0.2) is 0 Å². The van der Waals surface area contributed by atoms with Crippen LogP contribution in [-0.4, -0.2) is 25.2 Å². The first-order valence-corrected chi connectivity index (χ1v) is 9.76. The Kier molecular flexibility index (Phi) is 6.06. The largest absolute Gasteiger partial charge is 0.502 e. The molecule has 2 aromatic rings. The molecule has 0 saturated heterocycles. The van der Waals surface area contributed by atoms with Crippen LogP contribution in [0, 0.1) is 22.7 Å². The van der Waals surface area contributed by atoms with E-state index < -0.39 is 5.91 Å². The highest BCUT2D eigenvalue weighted by Gasteiger charge is 2.23. The van der Waals surface area contributed by atoms with Crippen LogP contribution in [0.1, 0.15) is 34.4 Å². The van der Waals surface area contributed by atoms with Gasteiger partial charge in [0, 0.05) is 4.88 Å². The van der Waals surface area contributed by atoms with Gasteiger partial charge in [-0.3, -0.25) is 4.79 Å². The van der Waals surface area contributed by atoms with E-state index in [4.69, 9.17) is 9.47 Å². The summed E-state index contributed by atoms with van der Waals surface area (Å²) in [6.45, 7) is 0. The number of fused-ring (bicyclic) bond motifs is 1. The lowest BCUT2D eigenvalue weighted by Crippen LogP contribution is -2.13. The number of amides is 1. The number of nitrogens with one attached hydrogen (secondary N) is 1. The van der Waals surface area contributed by atoms with Gasteiger partial charge >= 0.3 is 0 Å². The summed E-state index contributed by atoms with van der Waals surface area (Å²) in [6, 6.07) is 7.06. The van der Waals surface area contributed by atoms with E-state index >= 15 is 0 Å². The lowest BCUT2D eigenvalue weighted by atomic mass is 9.96. The number of aryl methyl sites for hydroxylation is 1. The number of phenolic OH excluding ortho intramolecular Hbond substituents is 1. The number of benzene rings is 1. The molecule has 8 heteroatoms. The molecule has 0 spiro atoms. The van der Waals surface area contributed by atoms with Gasteiger partial charge in [-0.2, -0.15) is 10.5 Å². The van der Waals surface area contributed by atoms with Crippen LogP contribution in [0.4, 0.5) is 5.00 Å². The number of aromatic hydroxyl groups is 1. The second-order valence-corrected chi connectivity index (χ2v) is 7.53. The number of nitrogens with zero attached hydrogens (tertiary/aromatic N) is 2. The van der Waals surface area contributed by atoms with Crippen molar-refractivity contribution >= 4 is 28.3 Å². The normalized spacial score (nSPS) is 13.0. The van der Waals surface area contributed by atoms with Crippen molar-refractivity contribution in [3.8, 4) is 29.4 Å². The molecule has 1 aromatic carbocycles. The summed E-state index contributed by atoms with van der Waals surface area (Å²) in [5, 5.41) is 32.2. The first kappa shape index (κ1) is 20.2. The number of hydrogen-bond acceptors (Lipinski definition) is 7. The number of nitriles is 2. The highest BCUT2D eigenvalue weighted by Crippen LogP contribution is 2.39. The number of methoxy groups -OCH3 is 2. The molecule has 1 amide bonds. The average Bonchev–Trinajstić information content (AvgIpc) is 3.09. The smallest absolute Gasteiger partial charge is 0.266 e. The molecule has 148 valence electrons. The number of carbonyl (C=O) groups excluding carboxylic acids is 1. The number of thiophene rings is 1. The van der Waals surface area contributed by atoms with Crippen molar-refractivity contribution in [2.45, 2.75) is 25.7 Å². The van der Waals surface area contributed by atoms with E-state index in [0.717, 1.165) is 36.1 Å². The van der Waals surface area contributed by atoms with Crippen molar-refractivity contribution in [2.75, 3.05) is 19.5 Å². The Morgan fingerprint density at radius 3 is 2.45 bits per heavy atom. The summed E-state index contributed by atoms with van der Waals surface area (Å²) in [6.07, 6.45) is 5.20. The zero-order valence-corrected chi connectivity index (χ0v) is 16.9. The Morgan fingerprint density at radius 2 is 1.86 bits per heavy atom. The van der Waals surface area contributed by atoms with E-state index in [0.29, 0.717) is 16.1 Å².